The molecule has 0 aromatic heterocycles. The fourth-order valence-electron chi connectivity index (χ4n) is 3.58. The van der Waals surface area contributed by atoms with Crippen LogP contribution in [0.2, 0.25) is 0 Å². The minimum absolute atomic E-state index is 0.0218. The molecule has 4 heterocycles. The van der Waals surface area contributed by atoms with Crippen molar-refractivity contribution in [2.45, 2.75) is 33.4 Å². The third kappa shape index (κ3) is 4.71. The van der Waals surface area contributed by atoms with Gasteiger partial charge in [-0.05, 0) is 12.2 Å². The van der Waals surface area contributed by atoms with E-state index in [1.807, 2.05) is 0 Å². The Morgan fingerprint density at radius 2 is 1.20 bits per heavy atom. The second-order valence-electron chi connectivity index (χ2n) is 7.85. The van der Waals surface area contributed by atoms with Crippen LogP contribution in [0.15, 0.2) is 62.6 Å². The Kier molecular flexibility index (Phi) is 7.11. The van der Waals surface area contributed by atoms with E-state index in [9.17, 15) is 34.0 Å². The van der Waals surface area contributed by atoms with Crippen molar-refractivity contribution in [3.05, 3.63) is 54.5 Å². The number of esters is 2. The van der Waals surface area contributed by atoms with E-state index in [0.29, 0.717) is 28.1 Å². The monoisotopic (exact) mass is 610 g/mol. The molecular weight excluding hydrogens is 601 g/mol. The lowest BCUT2D eigenvalue weighted by Gasteiger charge is -2.15. The molecule has 0 fully saturated rings. The van der Waals surface area contributed by atoms with Crippen molar-refractivity contribution in [2.75, 3.05) is 0 Å². The number of carbonyl (C=O) groups excluding carboxylic acids is 6. The molecule has 0 atom stereocenters. The number of nitrogens with zero attached hydrogens (tertiary/aromatic N) is 2. The first-order valence-corrected chi connectivity index (χ1v) is 14.0. The zero-order chi connectivity index (χ0) is 28.9. The first kappa shape index (κ1) is 27.4. The van der Waals surface area contributed by atoms with Gasteiger partial charge in [0.15, 0.2) is 11.5 Å². The number of ether oxygens (including phenoxy) is 2. The summed E-state index contributed by atoms with van der Waals surface area (Å²) in [5.74, 6) is -4.33. The van der Waals surface area contributed by atoms with Crippen LogP contribution in [0.1, 0.15) is 13.8 Å². The molecule has 0 radical (unpaired) electrons. The molecule has 198 valence electrons. The van der Waals surface area contributed by atoms with E-state index in [1.165, 1.54) is 13.8 Å². The van der Waals surface area contributed by atoms with E-state index in [0.717, 1.165) is 59.2 Å². The van der Waals surface area contributed by atoms with Gasteiger partial charge in [0.1, 0.15) is 11.6 Å². The van der Waals surface area contributed by atoms with E-state index in [4.69, 9.17) is 16.0 Å². The number of thioether (sulfide) groups is 4. The molecule has 1 aromatic carbocycles. The van der Waals surface area contributed by atoms with Crippen LogP contribution in [0.5, 0.6) is 11.5 Å². The Labute approximate surface area is 241 Å². The van der Waals surface area contributed by atoms with Crippen molar-refractivity contribution in [2.24, 2.45) is 0 Å². The maximum atomic E-state index is 12.6. The Morgan fingerprint density at radius 3 is 1.60 bits per heavy atom. The molecule has 12 nitrogen and oxygen atoms in total. The zero-order valence-corrected chi connectivity index (χ0v) is 23.2. The Morgan fingerprint density at radius 1 is 0.775 bits per heavy atom. The predicted molar refractivity (Wildman–Crippen MR) is 141 cm³/mol. The predicted octanol–water partition coefficient (Wildman–Crippen LogP) is 2.92. The van der Waals surface area contributed by atoms with Gasteiger partial charge in [-0.2, -0.15) is 5.26 Å². The summed E-state index contributed by atoms with van der Waals surface area (Å²) in [6.07, 6.45) is 2.32. The molecule has 0 spiro atoms. The molecule has 0 saturated heterocycles. The van der Waals surface area contributed by atoms with Gasteiger partial charge in [-0.1, -0.05) is 47.0 Å². The molecule has 1 aromatic rings. The highest BCUT2D eigenvalue weighted by Gasteiger charge is 2.41. The van der Waals surface area contributed by atoms with Crippen LogP contribution in [0.3, 0.4) is 0 Å². The van der Waals surface area contributed by atoms with Gasteiger partial charge in [0.25, 0.3) is 29.3 Å². The quantitative estimate of drug-likeness (QED) is 0.165. The highest BCUT2D eigenvalue weighted by atomic mass is 32.2. The lowest BCUT2D eigenvalue weighted by atomic mass is 10.1. The molecule has 0 bridgehead atoms. The number of carbonyl (C=O) groups is 6. The summed E-state index contributed by atoms with van der Waals surface area (Å²) in [7, 11) is 0. The number of nitriles is 1. The lowest BCUT2D eigenvalue weighted by Crippen LogP contribution is -2.36. The third-order valence-electron chi connectivity index (χ3n) is 5.18. The van der Waals surface area contributed by atoms with Crippen molar-refractivity contribution in [1.82, 2.24) is 10.6 Å². The van der Waals surface area contributed by atoms with Crippen molar-refractivity contribution >= 4 is 82.6 Å². The topological polar surface area (TPSA) is 173 Å². The Bertz CT molecular complexity index is 1590. The summed E-state index contributed by atoms with van der Waals surface area (Å²) >= 11 is 4.05. The molecule has 40 heavy (non-hydrogen) atoms. The average molecular weight is 611 g/mol. The first-order valence-electron chi connectivity index (χ1n) is 10.7. The number of fused-ring (bicyclic) bond motifs is 2. The SMILES string of the molecule is [C-]#[N+]C1=CC(=C2Sc3c(OC(C)=O)c4c(c(OC(C)=O)c3S2)SC(=C2C=C(C#N)C(=O)NC2=O)S4)C(=O)NC1=O. The highest BCUT2D eigenvalue weighted by molar-refractivity contribution is 8.26. The van der Waals surface area contributed by atoms with E-state index in [1.54, 1.807) is 6.07 Å². The van der Waals surface area contributed by atoms with Crippen LogP contribution in [0.25, 0.3) is 4.85 Å². The van der Waals surface area contributed by atoms with E-state index in [-0.39, 0.29) is 33.9 Å². The molecule has 4 amide bonds. The van der Waals surface area contributed by atoms with Gasteiger partial charge in [-0.15, -0.1) is 0 Å². The standard InChI is InChI=1S/C24H10N4O8S4/c1-7(29)35-13-15-16(38-23(37-15)10-4-9(6-25)19(31)27-20(10)32)14(36-8(2)30)18-17(13)39-24(40-18)11-5-12(26-3)22(34)28-21(11)33/h4-5H,1-2H3,(H,27,31,32)(H,28,33,34). The summed E-state index contributed by atoms with van der Waals surface area (Å²) in [6, 6.07) is 1.73. The molecule has 5 rings (SSSR count). The number of imide groups is 2. The second kappa shape index (κ2) is 10.4. The number of hydrogen-bond donors (Lipinski definition) is 2. The van der Waals surface area contributed by atoms with Crippen LogP contribution >= 0.6 is 47.0 Å². The molecule has 4 aliphatic heterocycles. The summed E-state index contributed by atoms with van der Waals surface area (Å²) < 4.78 is 11.8. The minimum atomic E-state index is -0.834. The van der Waals surface area contributed by atoms with Crippen molar-refractivity contribution < 1.29 is 38.2 Å². The fourth-order valence-corrected chi connectivity index (χ4v) is 9.02. The van der Waals surface area contributed by atoms with Crippen LogP contribution < -0.4 is 20.1 Å². The van der Waals surface area contributed by atoms with Crippen molar-refractivity contribution in [1.29, 1.82) is 5.26 Å². The molecule has 0 aliphatic carbocycles. The molecule has 16 heteroatoms. The Balaban J connectivity index is 1.71. The van der Waals surface area contributed by atoms with Gasteiger partial charge in [0.05, 0.1) is 45.8 Å². The lowest BCUT2D eigenvalue weighted by molar-refractivity contribution is -0.133. The summed E-state index contributed by atoms with van der Waals surface area (Å²) in [5.41, 5.74) is -0.520. The van der Waals surface area contributed by atoms with Crippen LogP contribution in [0.4, 0.5) is 0 Å². The molecule has 0 saturated carbocycles. The highest BCUT2D eigenvalue weighted by Crippen LogP contribution is 2.68. The van der Waals surface area contributed by atoms with Gasteiger partial charge in [0.2, 0.25) is 0 Å². The number of nitrogens with one attached hydrogen (secondary N) is 2. The van der Waals surface area contributed by atoms with Gasteiger partial charge in [0, 0.05) is 13.8 Å². The van der Waals surface area contributed by atoms with Crippen molar-refractivity contribution in [3.8, 4) is 17.6 Å². The maximum absolute atomic E-state index is 12.6. The molecule has 4 aliphatic rings. The maximum Gasteiger partial charge on any atom is 0.308 e. The normalized spacial score (nSPS) is 17.7. The summed E-state index contributed by atoms with van der Waals surface area (Å²) in [5, 5.41) is 13.5. The van der Waals surface area contributed by atoms with Crippen molar-refractivity contribution in [3.63, 3.8) is 0 Å². The average Bonchev–Trinajstić information content (AvgIpc) is 3.51. The fraction of sp³-hybridized carbons (Fsp3) is 0.0833. The van der Waals surface area contributed by atoms with Gasteiger partial charge in [-0.25, -0.2) is 4.85 Å². The van der Waals surface area contributed by atoms with Crippen LogP contribution in [-0.4, -0.2) is 35.6 Å². The van der Waals surface area contributed by atoms with Crippen LogP contribution in [-0.2, 0) is 28.8 Å². The van der Waals surface area contributed by atoms with Gasteiger partial charge >= 0.3 is 11.9 Å². The summed E-state index contributed by atoms with van der Waals surface area (Å²) in [4.78, 5) is 77.7. The number of amides is 4. The van der Waals surface area contributed by atoms with E-state index >= 15 is 0 Å². The zero-order valence-electron chi connectivity index (χ0n) is 19.9. The van der Waals surface area contributed by atoms with Gasteiger partial charge < -0.3 is 9.47 Å². The largest absolute Gasteiger partial charge is 0.424 e. The van der Waals surface area contributed by atoms with Crippen LogP contribution in [0, 0.1) is 17.9 Å². The molecule has 2 N–H and O–H groups in total. The van der Waals surface area contributed by atoms with Gasteiger partial charge in [-0.3, -0.25) is 39.4 Å². The summed E-state index contributed by atoms with van der Waals surface area (Å²) in [6.45, 7) is 9.57. The van der Waals surface area contributed by atoms with E-state index in [2.05, 4.69) is 15.5 Å². The molecular formula is C24H10N4O8S4. The third-order valence-corrected chi connectivity index (χ3v) is 10.4. The first-order chi connectivity index (χ1) is 19.0. The minimum Gasteiger partial charge on any atom is -0.424 e. The number of benzene rings is 1. The number of hydrogen-bond acceptors (Lipinski definition) is 13. The Hall–Kier alpha value is -4.22. The second-order valence-corrected chi connectivity index (χ2v) is 12.4. The molecule has 0 unspecified atom stereocenters. The smallest absolute Gasteiger partial charge is 0.308 e. The van der Waals surface area contributed by atoms with E-state index < -0.39 is 35.6 Å². The number of rotatable bonds is 2.